The average molecular weight is 290 g/mol. The van der Waals surface area contributed by atoms with Gasteiger partial charge in [-0.15, -0.1) is 5.11 Å². The molecule has 0 radical (unpaired) electrons. The number of benzene rings is 1. The summed E-state index contributed by atoms with van der Waals surface area (Å²) in [4.78, 5) is 0. The van der Waals surface area contributed by atoms with E-state index >= 15 is 0 Å². The highest BCUT2D eigenvalue weighted by Gasteiger charge is 2.33. The Kier molecular flexibility index (Phi) is 4.56. The Morgan fingerprint density at radius 3 is 2.27 bits per heavy atom. The third kappa shape index (κ3) is 3.95. The summed E-state index contributed by atoms with van der Waals surface area (Å²) in [5.41, 5.74) is 0.712. The zero-order chi connectivity index (χ0) is 16.8. The summed E-state index contributed by atoms with van der Waals surface area (Å²) in [5, 5.41) is 4.04. The topological polar surface area (TPSA) is 30.5 Å². The highest BCUT2D eigenvalue weighted by atomic mass is 16.7. The predicted octanol–water partition coefficient (Wildman–Crippen LogP) is -5.25. The molecule has 2 rings (SSSR count). The van der Waals surface area contributed by atoms with Crippen LogP contribution in [0.5, 0.6) is 11.5 Å². The fourth-order valence-electron chi connectivity index (χ4n) is 2.63. The van der Waals surface area contributed by atoms with Crippen LogP contribution in [-0.2, 0) is 6.42 Å². The Labute approximate surface area is 140 Å². The number of hydrogen-bond donors (Lipinski definition) is 1. The first-order chi connectivity index (χ1) is 9.90. The molecule has 0 amide bonds. The molecule has 0 spiro atoms. The van der Waals surface area contributed by atoms with Gasteiger partial charge in [0.25, 0.3) is 0 Å². The van der Waals surface area contributed by atoms with Crippen LogP contribution in [0.3, 0.4) is 0 Å². The van der Waals surface area contributed by atoms with E-state index in [0.717, 1.165) is 17.9 Å². The standard InChI is InChI=1S/C12H24B7NO2/c1-6(20-11(16,17)10(13,14)15)4-7-2-3-8-9(5-7)22-12(18,19)21-8/h2-3,5-6,20H,4,13-19H2,1H3/t6-/m0/s1. The van der Waals surface area contributed by atoms with Crippen LogP contribution in [0.1, 0.15) is 12.5 Å². The van der Waals surface area contributed by atoms with Gasteiger partial charge < -0.3 is 14.8 Å². The lowest BCUT2D eigenvalue weighted by Gasteiger charge is -2.43. The molecule has 1 aromatic rings. The predicted molar refractivity (Wildman–Crippen MR) is 112 cm³/mol. The van der Waals surface area contributed by atoms with Gasteiger partial charge in [0.15, 0.2) is 32.8 Å². The molecule has 0 fully saturated rings. The molecule has 0 aromatic heterocycles. The van der Waals surface area contributed by atoms with Crippen LogP contribution in [0.15, 0.2) is 18.2 Å². The van der Waals surface area contributed by atoms with E-state index in [0.29, 0.717) is 6.04 Å². The lowest BCUT2D eigenvalue weighted by Crippen LogP contribution is -2.60. The minimum atomic E-state index is -0.556. The van der Waals surface area contributed by atoms with E-state index in [4.69, 9.17) is 9.47 Å². The average Bonchev–Trinajstić information content (AvgIpc) is 2.59. The van der Waals surface area contributed by atoms with Gasteiger partial charge in [0.1, 0.15) is 15.7 Å². The van der Waals surface area contributed by atoms with Gasteiger partial charge in [0, 0.05) is 6.04 Å². The molecular weight excluding hydrogens is 266 g/mol. The third-order valence-electron chi connectivity index (χ3n) is 4.74. The summed E-state index contributed by atoms with van der Waals surface area (Å²) in [6.07, 6.45) is 0.969. The molecule has 1 aliphatic heterocycles. The van der Waals surface area contributed by atoms with Crippen molar-refractivity contribution in [3.05, 3.63) is 23.8 Å². The number of hydrogen-bond acceptors (Lipinski definition) is 3. The summed E-state index contributed by atoms with van der Waals surface area (Å²) >= 11 is 0. The first-order valence-corrected chi connectivity index (χ1v) is 8.18. The molecule has 110 valence electrons. The quantitative estimate of drug-likeness (QED) is 0.550. The van der Waals surface area contributed by atoms with Gasteiger partial charge in [-0.3, -0.25) is 0 Å². The van der Waals surface area contributed by atoms with Crippen LogP contribution >= 0.6 is 0 Å². The molecule has 3 nitrogen and oxygen atoms in total. The van der Waals surface area contributed by atoms with E-state index in [9.17, 15) is 0 Å². The fourth-order valence-corrected chi connectivity index (χ4v) is 2.63. The van der Waals surface area contributed by atoms with Gasteiger partial charge in [0.2, 0.25) is 0 Å². The molecular formula is C12H24B7NO2. The summed E-state index contributed by atoms with van der Waals surface area (Å²) < 4.78 is 11.6. The Balaban J connectivity index is 2.04. The number of ether oxygens (including phenoxy) is 2. The third-order valence-corrected chi connectivity index (χ3v) is 4.74. The zero-order valence-corrected chi connectivity index (χ0v) is 15.3. The summed E-state index contributed by atoms with van der Waals surface area (Å²) in [7, 11) is 15.2. The summed E-state index contributed by atoms with van der Waals surface area (Å²) in [6, 6.07) is 6.64. The van der Waals surface area contributed by atoms with Crippen molar-refractivity contribution < 1.29 is 9.47 Å². The SMILES string of the molecule is BC1(B)Oc2ccc(C[C@H](C)NC(B)(B)C(B)(B)B)cc2O1. The van der Waals surface area contributed by atoms with E-state index in [1.165, 1.54) is 5.56 Å². The first-order valence-electron chi connectivity index (χ1n) is 8.18. The van der Waals surface area contributed by atoms with Gasteiger partial charge in [-0.2, -0.15) is 0 Å². The highest BCUT2D eigenvalue weighted by Crippen LogP contribution is 2.37. The van der Waals surface area contributed by atoms with Crippen molar-refractivity contribution in [3.63, 3.8) is 0 Å². The number of rotatable bonds is 5. The lowest BCUT2D eigenvalue weighted by atomic mass is 9.26. The molecule has 1 aliphatic rings. The van der Waals surface area contributed by atoms with E-state index < -0.39 is 5.59 Å². The maximum absolute atomic E-state index is 5.83. The van der Waals surface area contributed by atoms with Crippen molar-refractivity contribution in [2.45, 2.75) is 35.4 Å². The molecule has 22 heavy (non-hydrogen) atoms. The first kappa shape index (κ1) is 17.6. The molecule has 1 N–H and O–H groups in total. The van der Waals surface area contributed by atoms with Gasteiger partial charge in [-0.05, 0) is 31.0 Å². The smallest absolute Gasteiger partial charge is 0.197 e. The van der Waals surface area contributed by atoms with Gasteiger partial charge in [-0.25, -0.2) is 0 Å². The molecule has 0 saturated carbocycles. The van der Waals surface area contributed by atoms with Crippen LogP contribution in [0.4, 0.5) is 0 Å². The van der Waals surface area contributed by atoms with Crippen LogP contribution in [0.2, 0.25) is 5.11 Å². The largest absolute Gasteiger partial charge is 0.467 e. The van der Waals surface area contributed by atoms with E-state index in [2.05, 4.69) is 63.6 Å². The molecule has 10 heteroatoms. The van der Waals surface area contributed by atoms with Gasteiger partial charge in [-0.1, -0.05) is 11.4 Å². The fraction of sp³-hybridized carbons (Fsp3) is 0.500. The molecule has 0 saturated heterocycles. The lowest BCUT2D eigenvalue weighted by molar-refractivity contribution is 0.0833. The number of nitrogens with one attached hydrogen (secondary N) is 1. The van der Waals surface area contributed by atoms with Crippen molar-refractivity contribution >= 4 is 54.9 Å². The van der Waals surface area contributed by atoms with Crippen LogP contribution in [0, 0.1) is 0 Å². The second-order valence-electron chi connectivity index (χ2n) is 8.51. The molecule has 0 unspecified atom stereocenters. The maximum atomic E-state index is 5.83. The summed E-state index contributed by atoms with van der Waals surface area (Å²) in [6.45, 7) is 2.24. The van der Waals surface area contributed by atoms with Crippen molar-refractivity contribution in [3.8, 4) is 11.5 Å². The summed E-state index contributed by atoms with van der Waals surface area (Å²) in [5.74, 6) is 1.69. The Hall–Kier alpha value is -0.765. The van der Waals surface area contributed by atoms with Crippen molar-refractivity contribution in [2.24, 2.45) is 0 Å². The molecule has 1 heterocycles. The monoisotopic (exact) mass is 291 g/mol. The van der Waals surface area contributed by atoms with Crippen LogP contribution < -0.4 is 14.8 Å². The normalized spacial score (nSPS) is 18.0. The minimum absolute atomic E-state index is 0.0742. The molecule has 1 atom stereocenters. The minimum Gasteiger partial charge on any atom is -0.467 e. The van der Waals surface area contributed by atoms with Gasteiger partial charge >= 0.3 is 0 Å². The van der Waals surface area contributed by atoms with Crippen LogP contribution in [0.25, 0.3) is 0 Å². The molecule has 1 aromatic carbocycles. The Bertz CT molecular complexity index is 559. The maximum Gasteiger partial charge on any atom is 0.197 e. The highest BCUT2D eigenvalue weighted by molar-refractivity contribution is 6.67. The van der Waals surface area contributed by atoms with Crippen molar-refractivity contribution in [1.82, 2.24) is 5.32 Å². The van der Waals surface area contributed by atoms with Crippen molar-refractivity contribution in [1.29, 1.82) is 0 Å². The van der Waals surface area contributed by atoms with Crippen molar-refractivity contribution in [2.75, 3.05) is 0 Å². The van der Waals surface area contributed by atoms with E-state index in [1.807, 2.05) is 21.8 Å². The Morgan fingerprint density at radius 1 is 1.09 bits per heavy atom. The number of fused-ring (bicyclic) bond motifs is 1. The van der Waals surface area contributed by atoms with Gasteiger partial charge in [0.05, 0.1) is 23.5 Å². The van der Waals surface area contributed by atoms with E-state index in [-0.39, 0.29) is 10.5 Å². The van der Waals surface area contributed by atoms with Crippen LogP contribution in [-0.4, -0.2) is 71.9 Å². The Morgan fingerprint density at radius 2 is 1.68 bits per heavy atom. The molecule has 0 bridgehead atoms. The van der Waals surface area contributed by atoms with E-state index in [1.54, 1.807) is 0 Å². The second kappa shape index (κ2) is 5.70. The zero-order valence-electron chi connectivity index (χ0n) is 15.3. The second-order valence-corrected chi connectivity index (χ2v) is 8.51. The molecule has 0 aliphatic carbocycles.